The van der Waals surface area contributed by atoms with Crippen molar-refractivity contribution in [3.8, 4) is 0 Å². The number of aliphatic carboxylic acids is 1. The predicted octanol–water partition coefficient (Wildman–Crippen LogP) is 1.87. The molecule has 1 aromatic carbocycles. The lowest BCUT2D eigenvalue weighted by Crippen LogP contribution is -2.49. The molecule has 0 saturated heterocycles. The number of anilines is 1. The molecule has 22 heavy (non-hydrogen) atoms. The Bertz CT molecular complexity index is 536. The lowest BCUT2D eigenvalue weighted by Gasteiger charge is -2.34. The van der Waals surface area contributed by atoms with Crippen LogP contribution in [0.25, 0.3) is 0 Å². The van der Waals surface area contributed by atoms with Crippen molar-refractivity contribution in [3.05, 3.63) is 30.3 Å². The van der Waals surface area contributed by atoms with Gasteiger partial charge in [0.25, 0.3) is 0 Å². The number of hydrogen-bond acceptors (Lipinski definition) is 5. The number of benzene rings is 1. The Balaban J connectivity index is 2.89. The van der Waals surface area contributed by atoms with Gasteiger partial charge in [-0.3, -0.25) is 19.4 Å². The predicted molar refractivity (Wildman–Crippen MR) is 86.5 cm³/mol. The normalized spacial score (nSPS) is 11.6. The molecule has 0 fully saturated rings. The molecule has 0 heterocycles. The van der Waals surface area contributed by atoms with E-state index in [4.69, 9.17) is 5.11 Å². The Labute approximate surface area is 134 Å². The van der Waals surface area contributed by atoms with Crippen molar-refractivity contribution in [1.82, 2.24) is 5.01 Å². The summed E-state index contributed by atoms with van der Waals surface area (Å²) in [7, 11) is 1.64. The lowest BCUT2D eigenvalue weighted by molar-refractivity contribution is -0.146. The van der Waals surface area contributed by atoms with E-state index in [1.165, 1.54) is 16.9 Å². The minimum Gasteiger partial charge on any atom is -0.480 e. The lowest BCUT2D eigenvalue weighted by atomic mass is 10.2. The fourth-order valence-electron chi connectivity index (χ4n) is 1.81. The molecule has 1 aromatic rings. The summed E-state index contributed by atoms with van der Waals surface area (Å²) in [5, 5.41) is 11.7. The number of para-hydroxylation sites is 1. The van der Waals surface area contributed by atoms with Gasteiger partial charge in [0, 0.05) is 25.6 Å². The van der Waals surface area contributed by atoms with Crippen molar-refractivity contribution in [2.24, 2.45) is 5.92 Å². The Morgan fingerprint density at radius 3 is 2.32 bits per heavy atom. The highest BCUT2D eigenvalue weighted by molar-refractivity contribution is 8.13. The first-order chi connectivity index (χ1) is 10.3. The minimum absolute atomic E-state index is 0.0687. The van der Waals surface area contributed by atoms with Crippen LogP contribution < -0.4 is 5.01 Å². The number of hydrogen-bond donors (Lipinski definition) is 1. The molecule has 0 aromatic heterocycles. The van der Waals surface area contributed by atoms with Crippen molar-refractivity contribution < 1.29 is 19.5 Å². The smallest absolute Gasteiger partial charge is 0.325 e. The van der Waals surface area contributed by atoms with E-state index in [0.717, 1.165) is 11.8 Å². The van der Waals surface area contributed by atoms with E-state index in [2.05, 4.69) is 0 Å². The van der Waals surface area contributed by atoms with E-state index < -0.39 is 18.4 Å². The van der Waals surface area contributed by atoms with Crippen molar-refractivity contribution in [3.63, 3.8) is 0 Å². The second-order valence-electron chi connectivity index (χ2n) is 4.85. The number of carbonyl (C=O) groups is 3. The van der Waals surface area contributed by atoms with Gasteiger partial charge < -0.3 is 5.11 Å². The van der Waals surface area contributed by atoms with Crippen LogP contribution in [0.2, 0.25) is 0 Å². The largest absolute Gasteiger partial charge is 0.480 e. The van der Waals surface area contributed by atoms with Gasteiger partial charge in [-0.05, 0) is 12.1 Å². The van der Waals surface area contributed by atoms with Crippen LogP contribution in [0.5, 0.6) is 0 Å². The maximum atomic E-state index is 12.5. The number of carboxylic acids is 1. The van der Waals surface area contributed by atoms with Crippen LogP contribution in [-0.2, 0) is 14.4 Å². The molecule has 120 valence electrons. The summed E-state index contributed by atoms with van der Waals surface area (Å²) in [6.07, 6.45) is 0. The van der Waals surface area contributed by atoms with Gasteiger partial charge in [-0.1, -0.05) is 36.9 Å². The number of carboxylic acid groups (broad SMARTS) is 1. The molecule has 6 nitrogen and oxygen atoms in total. The van der Waals surface area contributed by atoms with Crippen molar-refractivity contribution in [2.75, 3.05) is 24.4 Å². The van der Waals surface area contributed by atoms with Gasteiger partial charge in [0.1, 0.15) is 6.54 Å². The van der Waals surface area contributed by atoms with Crippen LogP contribution in [0.3, 0.4) is 0 Å². The summed E-state index contributed by atoms with van der Waals surface area (Å²) in [6.45, 7) is 2.69. The first kappa shape index (κ1) is 18.0. The number of rotatable bonds is 7. The van der Waals surface area contributed by atoms with Crippen LogP contribution in [0.4, 0.5) is 5.69 Å². The van der Waals surface area contributed by atoms with Gasteiger partial charge in [0.15, 0.2) is 5.12 Å². The highest BCUT2D eigenvalue weighted by Crippen LogP contribution is 2.18. The fraction of sp³-hybridized carbons (Fsp3) is 0.400. The fourth-order valence-corrected chi connectivity index (χ4v) is 2.44. The third-order valence-corrected chi connectivity index (χ3v) is 4.06. The molecule has 0 radical (unpaired) electrons. The molecular weight excluding hydrogens is 304 g/mol. The van der Waals surface area contributed by atoms with Gasteiger partial charge in [-0.25, -0.2) is 5.01 Å². The third kappa shape index (κ3) is 5.40. The van der Waals surface area contributed by atoms with Crippen molar-refractivity contribution >= 4 is 34.4 Å². The van der Waals surface area contributed by atoms with Crippen LogP contribution in [-0.4, -0.2) is 46.5 Å². The third-order valence-electron chi connectivity index (χ3n) is 2.99. The molecule has 1 N–H and O–H groups in total. The second kappa shape index (κ2) is 8.43. The van der Waals surface area contributed by atoms with E-state index in [1.54, 1.807) is 26.1 Å². The number of hydrazine groups is 1. The zero-order valence-corrected chi connectivity index (χ0v) is 13.7. The molecule has 0 bridgehead atoms. The average Bonchev–Trinajstić information content (AvgIpc) is 2.49. The molecular formula is C15H20N2O4S. The van der Waals surface area contributed by atoms with Gasteiger partial charge in [-0.2, -0.15) is 0 Å². The maximum Gasteiger partial charge on any atom is 0.325 e. The quantitative estimate of drug-likeness (QED) is 0.772. The summed E-state index contributed by atoms with van der Waals surface area (Å²) >= 11 is 1.06. The highest BCUT2D eigenvalue weighted by atomic mass is 32.2. The molecule has 0 aliphatic rings. The second-order valence-corrected chi connectivity index (χ2v) is 6.05. The molecule has 0 saturated carbocycles. The standard InChI is InChI=1S/C15H20N2O4S/c1-11(10-22-12(2)18)15(21)17(9-14(19)20)16(3)13-7-5-4-6-8-13/h4-8,11H,9-10H2,1-3H3,(H,19,20)/t11-/m1/s1. The zero-order valence-electron chi connectivity index (χ0n) is 12.9. The topological polar surface area (TPSA) is 77.9 Å². The maximum absolute atomic E-state index is 12.5. The van der Waals surface area contributed by atoms with Crippen molar-refractivity contribution in [2.45, 2.75) is 13.8 Å². The summed E-state index contributed by atoms with van der Waals surface area (Å²) in [5.41, 5.74) is 0.712. The van der Waals surface area contributed by atoms with E-state index >= 15 is 0 Å². The zero-order chi connectivity index (χ0) is 16.7. The number of thioether (sulfide) groups is 1. The van der Waals surface area contributed by atoms with Crippen LogP contribution in [0, 0.1) is 5.92 Å². The molecule has 0 unspecified atom stereocenters. The monoisotopic (exact) mass is 324 g/mol. The van der Waals surface area contributed by atoms with Crippen LogP contribution >= 0.6 is 11.8 Å². The average molecular weight is 324 g/mol. The molecule has 1 atom stereocenters. The summed E-state index contributed by atoms with van der Waals surface area (Å²) < 4.78 is 0. The first-order valence-corrected chi connectivity index (χ1v) is 7.76. The van der Waals surface area contributed by atoms with Gasteiger partial charge in [0.05, 0.1) is 5.69 Å². The Morgan fingerprint density at radius 2 is 1.82 bits per heavy atom. The Hall–Kier alpha value is -2.02. The van der Waals surface area contributed by atoms with Gasteiger partial charge in [0.2, 0.25) is 5.91 Å². The van der Waals surface area contributed by atoms with Crippen LogP contribution in [0.15, 0.2) is 30.3 Å². The molecule has 7 heteroatoms. The van der Waals surface area contributed by atoms with Gasteiger partial charge >= 0.3 is 5.97 Å². The number of carbonyl (C=O) groups excluding carboxylic acids is 2. The van der Waals surface area contributed by atoms with Crippen LogP contribution in [0.1, 0.15) is 13.8 Å². The first-order valence-electron chi connectivity index (χ1n) is 6.78. The molecule has 1 amide bonds. The SMILES string of the molecule is CC(=O)SC[C@@H](C)C(=O)N(CC(=O)O)N(C)c1ccccc1. The van der Waals surface area contributed by atoms with E-state index in [9.17, 15) is 14.4 Å². The highest BCUT2D eigenvalue weighted by Gasteiger charge is 2.26. The molecule has 0 aliphatic heterocycles. The minimum atomic E-state index is -1.09. The molecule has 1 rings (SSSR count). The summed E-state index contributed by atoms with van der Waals surface area (Å²) in [5.74, 6) is -1.56. The number of amides is 1. The van der Waals surface area contributed by atoms with Gasteiger partial charge in [-0.15, -0.1) is 0 Å². The molecule has 0 spiro atoms. The Morgan fingerprint density at radius 1 is 1.23 bits per heavy atom. The van der Waals surface area contributed by atoms with E-state index in [-0.39, 0.29) is 11.0 Å². The summed E-state index contributed by atoms with van der Waals surface area (Å²) in [6, 6.07) is 9.04. The van der Waals surface area contributed by atoms with E-state index in [0.29, 0.717) is 11.4 Å². The van der Waals surface area contributed by atoms with E-state index in [1.807, 2.05) is 18.2 Å². The Kier molecular flexibility index (Phi) is 6.91. The number of nitrogens with zero attached hydrogens (tertiary/aromatic N) is 2. The molecule has 0 aliphatic carbocycles. The summed E-state index contributed by atoms with van der Waals surface area (Å²) in [4.78, 5) is 34.6. The van der Waals surface area contributed by atoms with Crippen molar-refractivity contribution in [1.29, 1.82) is 0 Å².